The van der Waals surface area contributed by atoms with Gasteiger partial charge in [0.05, 0.1) is 5.54 Å². The summed E-state index contributed by atoms with van der Waals surface area (Å²) < 4.78 is 4.88. The van der Waals surface area contributed by atoms with Crippen molar-refractivity contribution in [1.29, 1.82) is 0 Å². The molecule has 1 saturated carbocycles. The second-order valence-corrected chi connectivity index (χ2v) is 3.98. The van der Waals surface area contributed by atoms with Crippen LogP contribution in [0.15, 0.2) is 0 Å². The molecule has 0 saturated heterocycles. The first-order valence-corrected chi connectivity index (χ1v) is 5.22. The summed E-state index contributed by atoms with van der Waals surface area (Å²) in [4.78, 5) is 11.5. The van der Waals surface area contributed by atoms with Crippen LogP contribution in [0.25, 0.3) is 0 Å². The van der Waals surface area contributed by atoms with E-state index in [2.05, 4.69) is 5.32 Å². The Bertz CT molecular complexity index is 185. The summed E-state index contributed by atoms with van der Waals surface area (Å²) in [6, 6.07) is 0. The van der Waals surface area contributed by atoms with Gasteiger partial charge in [0, 0.05) is 26.7 Å². The summed E-state index contributed by atoms with van der Waals surface area (Å²) in [5.41, 5.74) is 5.55. The summed E-state index contributed by atoms with van der Waals surface area (Å²) in [6.07, 6.45) is 4.55. The Balaban J connectivity index is 2.18. The third-order valence-electron chi connectivity index (χ3n) is 2.86. The van der Waals surface area contributed by atoms with E-state index >= 15 is 0 Å². The fourth-order valence-corrected chi connectivity index (χ4v) is 1.72. The number of rotatable bonds is 6. The van der Waals surface area contributed by atoms with Gasteiger partial charge in [-0.25, -0.2) is 0 Å². The summed E-state index contributed by atoms with van der Waals surface area (Å²) in [6.45, 7) is 1.20. The van der Waals surface area contributed by atoms with Crippen molar-refractivity contribution in [2.45, 2.75) is 37.6 Å². The topological polar surface area (TPSA) is 64.3 Å². The van der Waals surface area contributed by atoms with Gasteiger partial charge < -0.3 is 15.8 Å². The molecule has 0 atom stereocenters. The van der Waals surface area contributed by atoms with Crippen LogP contribution in [-0.4, -0.2) is 31.7 Å². The highest BCUT2D eigenvalue weighted by Gasteiger charge is 2.36. The van der Waals surface area contributed by atoms with E-state index in [-0.39, 0.29) is 11.4 Å². The van der Waals surface area contributed by atoms with Crippen LogP contribution in [0.2, 0.25) is 0 Å². The molecule has 4 heteroatoms. The number of nitrogens with one attached hydrogen (secondary N) is 1. The van der Waals surface area contributed by atoms with Crippen molar-refractivity contribution in [1.82, 2.24) is 5.32 Å². The molecule has 1 amide bonds. The average molecular weight is 200 g/mol. The van der Waals surface area contributed by atoms with Crippen molar-refractivity contribution < 1.29 is 9.53 Å². The molecule has 3 N–H and O–H groups in total. The normalized spacial score (nSPS) is 18.7. The molecule has 0 aromatic carbocycles. The predicted octanol–water partition coefficient (Wildman–Crippen LogP) is 0.411. The van der Waals surface area contributed by atoms with Gasteiger partial charge in [0.1, 0.15) is 0 Å². The molecule has 0 unspecified atom stereocenters. The van der Waals surface area contributed by atoms with Crippen molar-refractivity contribution in [3.05, 3.63) is 0 Å². The van der Waals surface area contributed by atoms with Gasteiger partial charge in [0.15, 0.2) is 0 Å². The monoisotopic (exact) mass is 200 g/mol. The Morgan fingerprint density at radius 3 is 2.71 bits per heavy atom. The maximum absolute atomic E-state index is 11.5. The van der Waals surface area contributed by atoms with Gasteiger partial charge in [-0.3, -0.25) is 4.79 Å². The Morgan fingerprint density at radius 1 is 1.57 bits per heavy atom. The maximum atomic E-state index is 11.5. The summed E-state index contributed by atoms with van der Waals surface area (Å²) in [7, 11) is 1.64. The van der Waals surface area contributed by atoms with Gasteiger partial charge in [0.2, 0.25) is 5.91 Å². The highest BCUT2D eigenvalue weighted by atomic mass is 16.5. The third-order valence-corrected chi connectivity index (χ3v) is 2.86. The highest BCUT2D eigenvalue weighted by Crippen LogP contribution is 2.30. The number of nitrogens with two attached hydrogens (primary N) is 1. The molecular formula is C10H20N2O2. The van der Waals surface area contributed by atoms with Crippen LogP contribution in [0.5, 0.6) is 0 Å². The van der Waals surface area contributed by atoms with Gasteiger partial charge in [-0.1, -0.05) is 0 Å². The first-order chi connectivity index (χ1) is 6.72. The molecule has 14 heavy (non-hydrogen) atoms. The van der Waals surface area contributed by atoms with E-state index in [1.807, 2.05) is 0 Å². The predicted molar refractivity (Wildman–Crippen MR) is 54.9 cm³/mol. The van der Waals surface area contributed by atoms with E-state index in [1.54, 1.807) is 7.11 Å². The Labute approximate surface area is 85.2 Å². The number of methoxy groups -OCH3 is 1. The standard InChI is InChI=1S/C10H20N2O2/c1-14-7-2-4-9(13)12-10(8-11)5-3-6-10/h2-8,11H2,1H3,(H,12,13). The SMILES string of the molecule is COCCCC(=O)NC1(CN)CCC1. The molecule has 0 bridgehead atoms. The second-order valence-electron chi connectivity index (χ2n) is 3.98. The number of carbonyl (C=O) groups is 1. The van der Waals surface area contributed by atoms with E-state index in [1.165, 1.54) is 6.42 Å². The van der Waals surface area contributed by atoms with Crippen LogP contribution >= 0.6 is 0 Å². The van der Waals surface area contributed by atoms with Gasteiger partial charge in [0.25, 0.3) is 0 Å². The van der Waals surface area contributed by atoms with Crippen LogP contribution in [0.3, 0.4) is 0 Å². The lowest BCUT2D eigenvalue weighted by atomic mass is 9.76. The minimum Gasteiger partial charge on any atom is -0.385 e. The van der Waals surface area contributed by atoms with Crippen LogP contribution in [0.4, 0.5) is 0 Å². The van der Waals surface area contributed by atoms with Crippen molar-refractivity contribution in [3.63, 3.8) is 0 Å². The molecule has 0 aliphatic heterocycles. The largest absolute Gasteiger partial charge is 0.385 e. The van der Waals surface area contributed by atoms with E-state index in [4.69, 9.17) is 10.5 Å². The van der Waals surface area contributed by atoms with Crippen molar-refractivity contribution in [3.8, 4) is 0 Å². The Kier molecular flexibility index (Phi) is 4.35. The summed E-state index contributed by atoms with van der Waals surface area (Å²) in [5.74, 6) is 0.104. The van der Waals surface area contributed by atoms with E-state index in [0.717, 1.165) is 19.3 Å². The molecule has 1 fully saturated rings. The van der Waals surface area contributed by atoms with Gasteiger partial charge in [-0.05, 0) is 25.7 Å². The van der Waals surface area contributed by atoms with E-state index in [0.29, 0.717) is 19.6 Å². The maximum Gasteiger partial charge on any atom is 0.220 e. The first-order valence-electron chi connectivity index (χ1n) is 5.22. The molecule has 1 rings (SSSR count). The number of carbonyl (C=O) groups excluding carboxylic acids is 1. The molecular weight excluding hydrogens is 180 g/mol. The second kappa shape index (κ2) is 5.32. The lowest BCUT2D eigenvalue weighted by Crippen LogP contribution is -2.58. The van der Waals surface area contributed by atoms with Crippen LogP contribution < -0.4 is 11.1 Å². The minimum absolute atomic E-state index is 0.0792. The molecule has 0 heterocycles. The quantitative estimate of drug-likeness (QED) is 0.610. The number of amides is 1. The number of hydrogen-bond acceptors (Lipinski definition) is 3. The number of hydrogen-bond donors (Lipinski definition) is 2. The molecule has 0 aromatic heterocycles. The molecule has 4 nitrogen and oxygen atoms in total. The molecule has 1 aliphatic rings. The third kappa shape index (κ3) is 2.96. The molecule has 0 radical (unpaired) electrons. The van der Waals surface area contributed by atoms with Crippen molar-refractivity contribution in [2.75, 3.05) is 20.3 Å². The highest BCUT2D eigenvalue weighted by molar-refractivity contribution is 5.76. The summed E-state index contributed by atoms with van der Waals surface area (Å²) >= 11 is 0. The fraction of sp³-hybridized carbons (Fsp3) is 0.900. The van der Waals surface area contributed by atoms with Gasteiger partial charge in [-0.2, -0.15) is 0 Å². The zero-order valence-electron chi connectivity index (χ0n) is 8.84. The Hall–Kier alpha value is -0.610. The smallest absolute Gasteiger partial charge is 0.220 e. The van der Waals surface area contributed by atoms with Crippen LogP contribution in [0, 0.1) is 0 Å². The van der Waals surface area contributed by atoms with Gasteiger partial charge in [-0.15, -0.1) is 0 Å². The first kappa shape index (κ1) is 11.5. The molecule has 0 spiro atoms. The lowest BCUT2D eigenvalue weighted by molar-refractivity contribution is -0.124. The van der Waals surface area contributed by atoms with Crippen molar-refractivity contribution in [2.24, 2.45) is 5.73 Å². The number of ether oxygens (including phenoxy) is 1. The molecule has 0 aromatic rings. The van der Waals surface area contributed by atoms with Crippen molar-refractivity contribution >= 4 is 5.91 Å². The lowest BCUT2D eigenvalue weighted by Gasteiger charge is -2.41. The molecule has 82 valence electrons. The van der Waals surface area contributed by atoms with E-state index < -0.39 is 0 Å². The average Bonchev–Trinajstić information content (AvgIpc) is 2.12. The molecule has 1 aliphatic carbocycles. The van der Waals surface area contributed by atoms with E-state index in [9.17, 15) is 4.79 Å². The fourth-order valence-electron chi connectivity index (χ4n) is 1.72. The van der Waals surface area contributed by atoms with Crippen LogP contribution in [-0.2, 0) is 9.53 Å². The zero-order valence-corrected chi connectivity index (χ0v) is 8.84. The van der Waals surface area contributed by atoms with Crippen LogP contribution in [0.1, 0.15) is 32.1 Å². The Morgan fingerprint density at radius 2 is 2.29 bits per heavy atom. The zero-order chi connectivity index (χ0) is 10.4. The summed E-state index contributed by atoms with van der Waals surface area (Å²) in [5, 5.41) is 3.02. The van der Waals surface area contributed by atoms with Gasteiger partial charge >= 0.3 is 0 Å². The minimum atomic E-state index is -0.0792.